The van der Waals surface area contributed by atoms with Crippen LogP contribution in [-0.2, 0) is 12.8 Å². The number of benzene rings is 1. The highest BCUT2D eigenvalue weighted by molar-refractivity contribution is 6.31. The largest absolute Gasteiger partial charge is 0.323 e. The minimum absolute atomic E-state index is 0.104. The van der Waals surface area contributed by atoms with Gasteiger partial charge in [0.05, 0.1) is 6.20 Å². The molecule has 1 aromatic carbocycles. The number of imidazole rings is 1. The molecule has 1 aromatic heterocycles. The van der Waals surface area contributed by atoms with E-state index in [2.05, 4.69) is 50.2 Å². The molecular formula is C23H35ClN2O. The van der Waals surface area contributed by atoms with Gasteiger partial charge in [0.25, 0.3) is 0 Å². The number of hydrogen-bond donors (Lipinski definition) is 0. The summed E-state index contributed by atoms with van der Waals surface area (Å²) in [7, 11) is 0. The Kier molecular flexibility index (Phi) is 10.4. The summed E-state index contributed by atoms with van der Waals surface area (Å²) in [5, 5.41) is 0.893. The summed E-state index contributed by atoms with van der Waals surface area (Å²) in [4.78, 5) is 16.0. The number of halogens is 1. The molecule has 0 N–H and O–H groups in total. The lowest BCUT2D eigenvalue weighted by Gasteiger charge is -2.24. The summed E-state index contributed by atoms with van der Waals surface area (Å²) < 4.78 is 2.13. The molecule has 0 aliphatic heterocycles. The van der Waals surface area contributed by atoms with E-state index in [1.165, 1.54) is 18.4 Å². The molecule has 0 saturated heterocycles. The quantitative estimate of drug-likeness (QED) is 0.457. The van der Waals surface area contributed by atoms with Gasteiger partial charge in [0.1, 0.15) is 11.5 Å². The van der Waals surface area contributed by atoms with Crippen LogP contribution in [0.4, 0.5) is 0 Å². The van der Waals surface area contributed by atoms with E-state index in [0.717, 1.165) is 35.8 Å². The van der Waals surface area contributed by atoms with Crippen molar-refractivity contribution < 1.29 is 4.79 Å². The molecule has 0 bridgehead atoms. The van der Waals surface area contributed by atoms with Gasteiger partial charge in [-0.2, -0.15) is 0 Å². The van der Waals surface area contributed by atoms with Gasteiger partial charge >= 0.3 is 0 Å². The first kappa shape index (κ1) is 23.4. The first-order chi connectivity index (χ1) is 12.9. The highest BCUT2D eigenvalue weighted by Gasteiger charge is 2.21. The number of nitrogens with zero attached hydrogens (tertiary/aromatic N) is 2. The van der Waals surface area contributed by atoms with Gasteiger partial charge < -0.3 is 4.57 Å². The van der Waals surface area contributed by atoms with Crippen LogP contribution in [0.5, 0.6) is 0 Å². The number of aryl methyl sites for hydroxylation is 2. The summed E-state index contributed by atoms with van der Waals surface area (Å²) >= 11 is 5.90. The Morgan fingerprint density at radius 3 is 2.33 bits per heavy atom. The van der Waals surface area contributed by atoms with E-state index < -0.39 is 0 Å². The van der Waals surface area contributed by atoms with Gasteiger partial charge in [-0.15, -0.1) is 0 Å². The van der Waals surface area contributed by atoms with E-state index in [-0.39, 0.29) is 5.78 Å². The van der Waals surface area contributed by atoms with E-state index in [0.29, 0.717) is 12.0 Å². The molecule has 4 heteroatoms. The van der Waals surface area contributed by atoms with Crippen molar-refractivity contribution in [1.82, 2.24) is 9.55 Å². The summed E-state index contributed by atoms with van der Waals surface area (Å²) in [6, 6.07) is 8.34. The topological polar surface area (TPSA) is 34.9 Å². The molecule has 0 aliphatic rings. The van der Waals surface area contributed by atoms with Gasteiger partial charge in [-0.25, -0.2) is 4.98 Å². The Labute approximate surface area is 170 Å². The normalized spacial score (nSPS) is 12.9. The molecule has 27 heavy (non-hydrogen) atoms. The molecule has 2 unspecified atom stereocenters. The number of carbonyl (C=O) groups is 1. The molecule has 0 radical (unpaired) electrons. The zero-order chi connectivity index (χ0) is 20.4. The summed E-state index contributed by atoms with van der Waals surface area (Å²) in [6.07, 6.45) is 7.19. The van der Waals surface area contributed by atoms with Crippen LogP contribution in [0.15, 0.2) is 30.5 Å². The average Bonchev–Trinajstić information content (AvgIpc) is 3.08. The Balaban J connectivity index is 0.000000309. The van der Waals surface area contributed by atoms with Crippen LogP contribution in [0.25, 0.3) is 0 Å². The number of rotatable bonds is 8. The molecule has 2 aromatic rings. The smallest absolute Gasteiger partial charge is 0.177 e. The number of carbonyl (C=O) groups excluding carboxylic acids is 1. The summed E-state index contributed by atoms with van der Waals surface area (Å²) in [5.74, 6) is 1.69. The maximum absolute atomic E-state index is 11.6. The fourth-order valence-corrected chi connectivity index (χ4v) is 3.53. The van der Waals surface area contributed by atoms with Crippen LogP contribution in [-0.4, -0.2) is 15.3 Å². The maximum Gasteiger partial charge on any atom is 0.177 e. The summed E-state index contributed by atoms with van der Waals surface area (Å²) in [5.41, 5.74) is 2.00. The fraction of sp³-hybridized carbons (Fsp3) is 0.565. The van der Waals surface area contributed by atoms with Crippen LogP contribution in [0.1, 0.15) is 88.7 Å². The minimum Gasteiger partial charge on any atom is -0.323 e. The van der Waals surface area contributed by atoms with Gasteiger partial charge in [0.2, 0.25) is 0 Å². The molecule has 0 spiro atoms. The van der Waals surface area contributed by atoms with Crippen molar-refractivity contribution in [2.45, 2.75) is 79.7 Å². The third-order valence-corrected chi connectivity index (χ3v) is 5.37. The Hall–Kier alpha value is -1.61. The van der Waals surface area contributed by atoms with Crippen LogP contribution in [0.2, 0.25) is 5.02 Å². The zero-order valence-corrected chi connectivity index (χ0v) is 18.5. The van der Waals surface area contributed by atoms with Gasteiger partial charge in [0, 0.05) is 24.4 Å². The van der Waals surface area contributed by atoms with E-state index in [9.17, 15) is 4.79 Å². The fourth-order valence-electron chi connectivity index (χ4n) is 3.30. The first-order valence-corrected chi connectivity index (χ1v) is 10.5. The third kappa shape index (κ3) is 6.80. The van der Waals surface area contributed by atoms with Gasteiger partial charge in [0.15, 0.2) is 5.78 Å². The van der Waals surface area contributed by atoms with Crippen molar-refractivity contribution in [3.63, 3.8) is 0 Å². The second-order valence-electron chi connectivity index (χ2n) is 7.19. The number of hydrogen-bond acceptors (Lipinski definition) is 2. The van der Waals surface area contributed by atoms with E-state index in [4.69, 9.17) is 11.6 Å². The molecule has 2 atom stereocenters. The minimum atomic E-state index is 0.104. The van der Waals surface area contributed by atoms with E-state index in [1.54, 1.807) is 13.1 Å². The van der Waals surface area contributed by atoms with Gasteiger partial charge in [-0.1, -0.05) is 70.3 Å². The number of aromatic nitrogens is 2. The molecule has 1 heterocycles. The predicted molar refractivity (Wildman–Crippen MR) is 116 cm³/mol. The Morgan fingerprint density at radius 1 is 1.15 bits per heavy atom. The number of Topliss-reactive ketones (excluding diaryl/α,β-unsaturated/α-hetero) is 1. The lowest BCUT2D eigenvalue weighted by molar-refractivity contribution is 0.100. The molecule has 0 saturated carbocycles. The maximum atomic E-state index is 11.6. The second-order valence-corrected chi connectivity index (χ2v) is 7.59. The van der Waals surface area contributed by atoms with Crippen molar-refractivity contribution in [2.75, 3.05) is 0 Å². The lowest BCUT2D eigenvalue weighted by Crippen LogP contribution is -2.20. The Morgan fingerprint density at radius 2 is 1.81 bits per heavy atom. The molecular weight excluding hydrogens is 356 g/mol. The molecule has 3 nitrogen and oxygen atoms in total. The zero-order valence-electron chi connectivity index (χ0n) is 17.8. The van der Waals surface area contributed by atoms with Crippen LogP contribution < -0.4 is 0 Å². The molecule has 2 rings (SSSR count). The van der Waals surface area contributed by atoms with Crippen molar-refractivity contribution in [1.29, 1.82) is 0 Å². The SMILES string of the molecule is CCCC(C)C(C)n1c(C(C)=O)cnc1CC.CCCc1ccccc1Cl. The first-order valence-electron chi connectivity index (χ1n) is 10.2. The van der Waals surface area contributed by atoms with Crippen molar-refractivity contribution in [2.24, 2.45) is 5.92 Å². The predicted octanol–water partition coefficient (Wildman–Crippen LogP) is 6.94. The summed E-state index contributed by atoms with van der Waals surface area (Å²) in [6.45, 7) is 12.5. The van der Waals surface area contributed by atoms with E-state index in [1.807, 2.05) is 18.2 Å². The average molecular weight is 391 g/mol. The van der Waals surface area contributed by atoms with Gasteiger partial charge in [-0.05, 0) is 37.3 Å². The Bertz CT molecular complexity index is 708. The van der Waals surface area contributed by atoms with Crippen molar-refractivity contribution in [3.8, 4) is 0 Å². The van der Waals surface area contributed by atoms with E-state index >= 15 is 0 Å². The highest BCUT2D eigenvalue weighted by atomic mass is 35.5. The van der Waals surface area contributed by atoms with Gasteiger partial charge in [-0.3, -0.25) is 4.79 Å². The molecule has 0 aliphatic carbocycles. The standard InChI is InChI=1S/C14H24N2O.C9H11Cl/c1-6-8-10(3)11(4)16-13(12(5)17)9-15-14(16)7-2;1-2-5-8-6-3-4-7-9(8)10/h9-11H,6-8H2,1-5H3;3-4,6-7H,2,5H2,1H3. The monoisotopic (exact) mass is 390 g/mol. The van der Waals surface area contributed by atoms with Crippen molar-refractivity contribution >= 4 is 17.4 Å². The molecule has 0 amide bonds. The van der Waals surface area contributed by atoms with Crippen LogP contribution in [0, 0.1) is 5.92 Å². The third-order valence-electron chi connectivity index (χ3n) is 5.00. The molecule has 0 fully saturated rings. The molecule has 150 valence electrons. The highest BCUT2D eigenvalue weighted by Crippen LogP contribution is 2.25. The van der Waals surface area contributed by atoms with Crippen LogP contribution in [0.3, 0.4) is 0 Å². The van der Waals surface area contributed by atoms with Crippen molar-refractivity contribution in [3.05, 3.63) is 52.6 Å². The number of ketones is 1. The van der Waals surface area contributed by atoms with Crippen LogP contribution >= 0.6 is 11.6 Å². The second kappa shape index (κ2) is 12.0. The lowest BCUT2D eigenvalue weighted by atomic mass is 9.97.